The molecule has 0 aliphatic rings. The van der Waals surface area contributed by atoms with Gasteiger partial charge in [-0.2, -0.15) is 4.98 Å². The van der Waals surface area contributed by atoms with E-state index in [1.807, 2.05) is 44.3 Å². The van der Waals surface area contributed by atoms with Crippen LogP contribution >= 0.6 is 0 Å². The van der Waals surface area contributed by atoms with E-state index in [4.69, 9.17) is 0 Å². The number of nitrogens with one attached hydrogen (secondary N) is 2. The van der Waals surface area contributed by atoms with E-state index in [-0.39, 0.29) is 0 Å². The highest BCUT2D eigenvalue weighted by Crippen LogP contribution is 2.21. The van der Waals surface area contributed by atoms with E-state index in [0.717, 1.165) is 28.2 Å². The molecule has 1 aromatic carbocycles. The van der Waals surface area contributed by atoms with Crippen molar-refractivity contribution in [2.45, 2.75) is 13.5 Å². The van der Waals surface area contributed by atoms with Gasteiger partial charge in [-0.05, 0) is 25.1 Å². The number of hydrogen-bond donors (Lipinski definition) is 2. The van der Waals surface area contributed by atoms with Crippen LogP contribution < -0.4 is 10.6 Å². The fourth-order valence-corrected chi connectivity index (χ4v) is 2.10. The molecule has 3 aromatic rings. The minimum absolute atomic E-state index is 0.591. The van der Waals surface area contributed by atoms with Gasteiger partial charge >= 0.3 is 0 Å². The van der Waals surface area contributed by atoms with Crippen LogP contribution in [-0.4, -0.2) is 27.0 Å². The van der Waals surface area contributed by atoms with Gasteiger partial charge in [-0.25, -0.2) is 15.0 Å². The van der Waals surface area contributed by atoms with Crippen molar-refractivity contribution < 1.29 is 0 Å². The summed E-state index contributed by atoms with van der Waals surface area (Å²) in [7, 11) is 1.81. The van der Waals surface area contributed by atoms with E-state index in [2.05, 4.69) is 30.6 Å². The van der Waals surface area contributed by atoms with Gasteiger partial charge in [0.25, 0.3) is 0 Å². The van der Waals surface area contributed by atoms with Crippen LogP contribution in [-0.2, 0) is 6.54 Å². The SMILES string of the molecule is CNc1nc(NCc2ccnc(C)n2)c2ccccc2n1. The molecule has 2 heterocycles. The lowest BCUT2D eigenvalue weighted by Gasteiger charge is -2.10. The highest BCUT2D eigenvalue weighted by molar-refractivity contribution is 5.89. The lowest BCUT2D eigenvalue weighted by Crippen LogP contribution is -2.07. The van der Waals surface area contributed by atoms with E-state index in [0.29, 0.717) is 12.5 Å². The number of rotatable bonds is 4. The van der Waals surface area contributed by atoms with Crippen LogP contribution in [0.1, 0.15) is 11.5 Å². The molecule has 3 rings (SSSR count). The molecule has 0 unspecified atom stereocenters. The standard InChI is InChI=1S/C15H16N6/c1-10-17-8-7-11(19-10)9-18-14-12-5-3-4-6-13(12)20-15(16-2)21-14/h3-8H,9H2,1-2H3,(H2,16,18,20,21). The minimum Gasteiger partial charge on any atom is -0.364 e. The Kier molecular flexibility index (Phi) is 3.59. The molecule has 0 saturated heterocycles. The molecule has 0 aliphatic carbocycles. The number of benzene rings is 1. The van der Waals surface area contributed by atoms with Crippen LogP contribution in [0.25, 0.3) is 10.9 Å². The number of para-hydroxylation sites is 1. The third kappa shape index (κ3) is 2.89. The second-order valence-electron chi connectivity index (χ2n) is 4.61. The number of hydrogen-bond acceptors (Lipinski definition) is 6. The Balaban J connectivity index is 1.92. The molecule has 0 amide bonds. The zero-order valence-corrected chi connectivity index (χ0v) is 12.0. The van der Waals surface area contributed by atoms with Crippen LogP contribution in [0.5, 0.6) is 0 Å². The normalized spacial score (nSPS) is 10.6. The summed E-state index contributed by atoms with van der Waals surface area (Å²) in [6.07, 6.45) is 1.76. The third-order valence-corrected chi connectivity index (χ3v) is 3.10. The Morgan fingerprint density at radius 3 is 2.71 bits per heavy atom. The second-order valence-corrected chi connectivity index (χ2v) is 4.61. The molecule has 21 heavy (non-hydrogen) atoms. The van der Waals surface area contributed by atoms with Crippen molar-refractivity contribution >= 4 is 22.7 Å². The fourth-order valence-electron chi connectivity index (χ4n) is 2.10. The number of nitrogens with zero attached hydrogens (tertiary/aromatic N) is 4. The maximum absolute atomic E-state index is 4.48. The van der Waals surface area contributed by atoms with Crippen LogP contribution in [0.15, 0.2) is 36.5 Å². The summed E-state index contributed by atoms with van der Waals surface area (Å²) in [4.78, 5) is 17.4. The number of aromatic nitrogens is 4. The summed E-state index contributed by atoms with van der Waals surface area (Å²) in [5, 5.41) is 7.29. The van der Waals surface area contributed by atoms with E-state index in [1.165, 1.54) is 0 Å². The third-order valence-electron chi connectivity index (χ3n) is 3.10. The van der Waals surface area contributed by atoms with Crippen molar-refractivity contribution in [3.05, 3.63) is 48.0 Å². The van der Waals surface area contributed by atoms with Crippen molar-refractivity contribution in [1.29, 1.82) is 0 Å². The van der Waals surface area contributed by atoms with Crippen LogP contribution in [0.3, 0.4) is 0 Å². The number of fused-ring (bicyclic) bond motifs is 1. The summed E-state index contributed by atoms with van der Waals surface area (Å²) in [5.41, 5.74) is 1.83. The van der Waals surface area contributed by atoms with E-state index < -0.39 is 0 Å². The molecule has 106 valence electrons. The predicted molar refractivity (Wildman–Crippen MR) is 83.2 cm³/mol. The average Bonchev–Trinajstić information content (AvgIpc) is 2.52. The van der Waals surface area contributed by atoms with Crippen molar-refractivity contribution in [3.8, 4) is 0 Å². The second kappa shape index (κ2) is 5.70. The van der Waals surface area contributed by atoms with Gasteiger partial charge in [0.1, 0.15) is 11.6 Å². The Morgan fingerprint density at radius 2 is 1.90 bits per heavy atom. The van der Waals surface area contributed by atoms with Gasteiger partial charge in [0.15, 0.2) is 0 Å². The Labute approximate surface area is 122 Å². The van der Waals surface area contributed by atoms with E-state index in [9.17, 15) is 0 Å². The molecule has 0 bridgehead atoms. The Bertz CT molecular complexity index is 771. The largest absolute Gasteiger partial charge is 0.364 e. The molecule has 6 heteroatoms. The molecular weight excluding hydrogens is 264 g/mol. The molecule has 0 aliphatic heterocycles. The first-order valence-electron chi connectivity index (χ1n) is 6.73. The van der Waals surface area contributed by atoms with Gasteiger partial charge < -0.3 is 10.6 Å². The van der Waals surface area contributed by atoms with E-state index >= 15 is 0 Å². The maximum atomic E-state index is 4.48. The summed E-state index contributed by atoms with van der Waals surface area (Å²) in [5.74, 6) is 2.15. The van der Waals surface area contributed by atoms with Gasteiger partial charge in [-0.1, -0.05) is 12.1 Å². The molecule has 0 saturated carbocycles. The van der Waals surface area contributed by atoms with Gasteiger partial charge in [0, 0.05) is 18.6 Å². The molecule has 0 fully saturated rings. The molecule has 0 spiro atoms. The Morgan fingerprint density at radius 1 is 1.05 bits per heavy atom. The Hall–Kier alpha value is -2.76. The first kappa shape index (κ1) is 13.2. The summed E-state index contributed by atoms with van der Waals surface area (Å²) in [6.45, 7) is 2.47. The summed E-state index contributed by atoms with van der Waals surface area (Å²) in [6, 6.07) is 9.81. The summed E-state index contributed by atoms with van der Waals surface area (Å²) >= 11 is 0. The van der Waals surface area contributed by atoms with Crippen molar-refractivity contribution in [1.82, 2.24) is 19.9 Å². The van der Waals surface area contributed by atoms with Crippen molar-refractivity contribution in [2.75, 3.05) is 17.7 Å². The zero-order valence-electron chi connectivity index (χ0n) is 12.0. The fraction of sp³-hybridized carbons (Fsp3) is 0.200. The monoisotopic (exact) mass is 280 g/mol. The van der Waals surface area contributed by atoms with Gasteiger partial charge in [0.05, 0.1) is 17.8 Å². The minimum atomic E-state index is 0.591. The van der Waals surface area contributed by atoms with Crippen LogP contribution in [0, 0.1) is 6.92 Å². The average molecular weight is 280 g/mol. The van der Waals surface area contributed by atoms with Gasteiger partial charge in [0.2, 0.25) is 5.95 Å². The van der Waals surface area contributed by atoms with Gasteiger partial charge in [-0.15, -0.1) is 0 Å². The molecule has 2 N–H and O–H groups in total. The number of aryl methyl sites for hydroxylation is 1. The molecule has 0 radical (unpaired) electrons. The highest BCUT2D eigenvalue weighted by Gasteiger charge is 2.06. The van der Waals surface area contributed by atoms with Crippen molar-refractivity contribution in [3.63, 3.8) is 0 Å². The van der Waals surface area contributed by atoms with E-state index in [1.54, 1.807) is 6.20 Å². The first-order valence-corrected chi connectivity index (χ1v) is 6.73. The van der Waals surface area contributed by atoms with Crippen LogP contribution in [0.2, 0.25) is 0 Å². The van der Waals surface area contributed by atoms with Gasteiger partial charge in [-0.3, -0.25) is 0 Å². The quantitative estimate of drug-likeness (QED) is 0.764. The number of anilines is 2. The van der Waals surface area contributed by atoms with Crippen LogP contribution in [0.4, 0.5) is 11.8 Å². The molecule has 2 aromatic heterocycles. The van der Waals surface area contributed by atoms with Crippen molar-refractivity contribution in [2.24, 2.45) is 0 Å². The smallest absolute Gasteiger partial charge is 0.224 e. The lowest BCUT2D eigenvalue weighted by atomic mass is 10.2. The first-order chi connectivity index (χ1) is 10.3. The molecule has 0 atom stereocenters. The highest BCUT2D eigenvalue weighted by atomic mass is 15.1. The molecular formula is C15H16N6. The maximum Gasteiger partial charge on any atom is 0.224 e. The lowest BCUT2D eigenvalue weighted by molar-refractivity contribution is 0.950. The molecule has 6 nitrogen and oxygen atoms in total. The predicted octanol–water partition coefficient (Wildman–Crippen LogP) is 2.38. The zero-order chi connectivity index (χ0) is 14.7. The summed E-state index contributed by atoms with van der Waals surface area (Å²) < 4.78 is 0. The topological polar surface area (TPSA) is 75.6 Å².